The second-order valence-electron chi connectivity index (χ2n) is 5.13. The molecule has 0 aromatic heterocycles. The number of benzene rings is 2. The molecule has 112 valence electrons. The third-order valence-electron chi connectivity index (χ3n) is 3.68. The first-order chi connectivity index (χ1) is 10.6. The maximum Gasteiger partial charge on any atom is 0.307 e. The van der Waals surface area contributed by atoms with Gasteiger partial charge >= 0.3 is 5.97 Å². The maximum absolute atomic E-state index is 12.7. The second kappa shape index (κ2) is 5.81. The lowest BCUT2D eigenvalue weighted by Crippen LogP contribution is -2.40. The van der Waals surface area contributed by atoms with Crippen molar-refractivity contribution in [3.8, 4) is 0 Å². The SMILES string of the molecule is O=C1CCC(C(=O)Nc2ccccc2)(c2ccc(Cl)cc2)O1. The number of amides is 1. The van der Waals surface area contributed by atoms with Crippen LogP contribution < -0.4 is 5.32 Å². The minimum atomic E-state index is -1.29. The average Bonchev–Trinajstić information content (AvgIpc) is 2.92. The van der Waals surface area contributed by atoms with Gasteiger partial charge in [0.15, 0.2) is 0 Å². The summed E-state index contributed by atoms with van der Waals surface area (Å²) in [6.45, 7) is 0. The predicted molar refractivity (Wildman–Crippen MR) is 83.5 cm³/mol. The Hall–Kier alpha value is -2.33. The van der Waals surface area contributed by atoms with Crippen molar-refractivity contribution in [2.75, 3.05) is 5.32 Å². The number of ether oxygens (including phenoxy) is 1. The van der Waals surface area contributed by atoms with E-state index in [2.05, 4.69) is 5.32 Å². The summed E-state index contributed by atoms with van der Waals surface area (Å²) in [5.41, 5.74) is -0.0164. The van der Waals surface area contributed by atoms with Gasteiger partial charge in [-0.05, 0) is 24.3 Å². The Morgan fingerprint density at radius 2 is 1.77 bits per heavy atom. The standard InChI is InChI=1S/C17H14ClNO3/c18-13-8-6-12(7-9-13)17(11-10-15(20)22-17)16(21)19-14-4-2-1-3-5-14/h1-9H,10-11H2,(H,19,21). The van der Waals surface area contributed by atoms with Crippen LogP contribution in [0.2, 0.25) is 5.02 Å². The Kier molecular flexibility index (Phi) is 3.86. The highest BCUT2D eigenvalue weighted by Gasteiger charge is 2.48. The maximum atomic E-state index is 12.7. The van der Waals surface area contributed by atoms with E-state index in [0.29, 0.717) is 22.7 Å². The van der Waals surface area contributed by atoms with Crippen molar-refractivity contribution in [2.45, 2.75) is 18.4 Å². The summed E-state index contributed by atoms with van der Waals surface area (Å²) in [5, 5.41) is 3.37. The molecule has 0 radical (unpaired) electrons. The molecule has 1 unspecified atom stereocenters. The van der Waals surface area contributed by atoms with Crippen LogP contribution in [0.1, 0.15) is 18.4 Å². The molecule has 4 nitrogen and oxygen atoms in total. The summed E-state index contributed by atoms with van der Waals surface area (Å²) in [4.78, 5) is 24.4. The number of carbonyl (C=O) groups excluding carboxylic acids is 2. The smallest absolute Gasteiger partial charge is 0.307 e. The van der Waals surface area contributed by atoms with Gasteiger partial charge < -0.3 is 10.1 Å². The van der Waals surface area contributed by atoms with Gasteiger partial charge in [-0.1, -0.05) is 41.9 Å². The van der Waals surface area contributed by atoms with Crippen molar-refractivity contribution >= 4 is 29.2 Å². The summed E-state index contributed by atoms with van der Waals surface area (Å²) in [6.07, 6.45) is 0.525. The van der Waals surface area contributed by atoms with Gasteiger partial charge in [0.1, 0.15) is 0 Å². The Labute approximate surface area is 133 Å². The highest BCUT2D eigenvalue weighted by molar-refractivity contribution is 6.30. The highest BCUT2D eigenvalue weighted by atomic mass is 35.5. The molecule has 0 spiro atoms. The van der Waals surface area contributed by atoms with E-state index in [1.165, 1.54) is 0 Å². The summed E-state index contributed by atoms with van der Waals surface area (Å²) in [6, 6.07) is 15.9. The van der Waals surface area contributed by atoms with Crippen LogP contribution in [0.3, 0.4) is 0 Å². The van der Waals surface area contributed by atoms with Crippen LogP contribution in [0.5, 0.6) is 0 Å². The van der Waals surface area contributed by atoms with Gasteiger partial charge in [0.25, 0.3) is 5.91 Å². The lowest BCUT2D eigenvalue weighted by Gasteiger charge is -2.27. The molecule has 1 heterocycles. The van der Waals surface area contributed by atoms with Crippen molar-refractivity contribution in [1.29, 1.82) is 0 Å². The number of halogens is 1. The first kappa shape index (κ1) is 14.6. The third-order valence-corrected chi connectivity index (χ3v) is 3.93. The van der Waals surface area contributed by atoms with Gasteiger partial charge in [0.2, 0.25) is 5.60 Å². The minimum absolute atomic E-state index is 0.213. The highest BCUT2D eigenvalue weighted by Crippen LogP contribution is 2.38. The van der Waals surface area contributed by atoms with E-state index in [9.17, 15) is 9.59 Å². The molecule has 5 heteroatoms. The van der Waals surface area contributed by atoms with Gasteiger partial charge in [0.05, 0.1) is 6.42 Å². The van der Waals surface area contributed by atoms with Crippen molar-refractivity contribution in [1.82, 2.24) is 0 Å². The molecular formula is C17H14ClNO3. The number of cyclic esters (lactones) is 1. The molecule has 2 aromatic carbocycles. The Balaban J connectivity index is 1.94. The lowest BCUT2D eigenvalue weighted by molar-refractivity contribution is -0.157. The lowest BCUT2D eigenvalue weighted by atomic mass is 9.89. The zero-order chi connectivity index (χ0) is 15.6. The molecule has 2 aromatic rings. The first-order valence-electron chi connectivity index (χ1n) is 6.94. The number of carbonyl (C=O) groups is 2. The molecule has 3 rings (SSSR count). The molecule has 22 heavy (non-hydrogen) atoms. The number of para-hydroxylation sites is 1. The number of hydrogen-bond acceptors (Lipinski definition) is 3. The molecule has 1 aliphatic heterocycles. The first-order valence-corrected chi connectivity index (χ1v) is 7.32. The number of esters is 1. The second-order valence-corrected chi connectivity index (χ2v) is 5.56. The Bertz CT molecular complexity index is 700. The van der Waals surface area contributed by atoms with E-state index in [4.69, 9.17) is 16.3 Å². The summed E-state index contributed by atoms with van der Waals surface area (Å²) >= 11 is 5.89. The fraction of sp³-hybridized carbons (Fsp3) is 0.176. The van der Waals surface area contributed by atoms with E-state index in [0.717, 1.165) is 0 Å². The van der Waals surface area contributed by atoms with E-state index in [1.807, 2.05) is 18.2 Å². The Morgan fingerprint density at radius 1 is 1.09 bits per heavy atom. The largest absolute Gasteiger partial charge is 0.444 e. The normalized spacial score (nSPS) is 20.5. The quantitative estimate of drug-likeness (QED) is 0.882. The van der Waals surface area contributed by atoms with Crippen LogP contribution in [0, 0.1) is 0 Å². The topological polar surface area (TPSA) is 55.4 Å². The van der Waals surface area contributed by atoms with Crippen LogP contribution in [-0.2, 0) is 19.9 Å². The Morgan fingerprint density at radius 3 is 2.36 bits per heavy atom. The van der Waals surface area contributed by atoms with Crippen LogP contribution in [0.25, 0.3) is 0 Å². The molecule has 0 saturated carbocycles. The summed E-state index contributed by atoms with van der Waals surface area (Å²) in [5.74, 6) is -0.731. The molecule has 1 amide bonds. The van der Waals surface area contributed by atoms with Crippen LogP contribution in [-0.4, -0.2) is 11.9 Å². The fourth-order valence-electron chi connectivity index (χ4n) is 2.54. The minimum Gasteiger partial charge on any atom is -0.444 e. The van der Waals surface area contributed by atoms with Crippen LogP contribution in [0.4, 0.5) is 5.69 Å². The van der Waals surface area contributed by atoms with Crippen molar-refractivity contribution in [2.24, 2.45) is 0 Å². The van der Waals surface area contributed by atoms with Crippen molar-refractivity contribution in [3.05, 3.63) is 65.2 Å². The van der Waals surface area contributed by atoms with E-state index < -0.39 is 5.60 Å². The fourth-order valence-corrected chi connectivity index (χ4v) is 2.67. The zero-order valence-corrected chi connectivity index (χ0v) is 12.5. The molecular weight excluding hydrogens is 302 g/mol. The summed E-state index contributed by atoms with van der Waals surface area (Å²) < 4.78 is 5.41. The van der Waals surface area contributed by atoms with Gasteiger partial charge in [-0.15, -0.1) is 0 Å². The predicted octanol–water partition coefficient (Wildman–Crippen LogP) is 3.51. The zero-order valence-electron chi connectivity index (χ0n) is 11.7. The molecule has 0 bridgehead atoms. The number of anilines is 1. The molecule has 1 aliphatic rings. The monoisotopic (exact) mass is 315 g/mol. The summed E-state index contributed by atoms with van der Waals surface area (Å²) in [7, 11) is 0. The van der Waals surface area contributed by atoms with Gasteiger partial charge in [-0.2, -0.15) is 0 Å². The molecule has 1 fully saturated rings. The van der Waals surface area contributed by atoms with E-state index in [-0.39, 0.29) is 18.3 Å². The molecule has 1 N–H and O–H groups in total. The number of rotatable bonds is 3. The van der Waals surface area contributed by atoms with Crippen LogP contribution in [0.15, 0.2) is 54.6 Å². The third kappa shape index (κ3) is 2.70. The van der Waals surface area contributed by atoms with Crippen molar-refractivity contribution < 1.29 is 14.3 Å². The van der Waals surface area contributed by atoms with Gasteiger partial charge in [-0.3, -0.25) is 9.59 Å². The molecule has 1 saturated heterocycles. The van der Waals surface area contributed by atoms with Crippen LogP contribution >= 0.6 is 11.6 Å². The van der Waals surface area contributed by atoms with Crippen molar-refractivity contribution in [3.63, 3.8) is 0 Å². The average molecular weight is 316 g/mol. The van der Waals surface area contributed by atoms with Gasteiger partial charge in [-0.25, -0.2) is 0 Å². The van der Waals surface area contributed by atoms with E-state index in [1.54, 1.807) is 36.4 Å². The van der Waals surface area contributed by atoms with E-state index >= 15 is 0 Å². The number of hydrogen-bond donors (Lipinski definition) is 1. The molecule has 1 atom stereocenters. The van der Waals surface area contributed by atoms with Gasteiger partial charge in [0, 0.05) is 22.7 Å². The molecule has 0 aliphatic carbocycles. The number of nitrogens with one attached hydrogen (secondary N) is 1.